The molecule has 0 N–H and O–H groups in total. The molecule has 0 atom stereocenters. The number of benzene rings is 1. The van der Waals surface area contributed by atoms with Crippen LogP contribution in [-0.4, -0.2) is 72.5 Å². The Morgan fingerprint density at radius 2 is 1.53 bits per heavy atom. The molecule has 8 heteroatoms. The van der Waals surface area contributed by atoms with Crippen molar-refractivity contribution in [2.75, 3.05) is 45.9 Å². The van der Waals surface area contributed by atoms with Gasteiger partial charge in [-0.1, -0.05) is 42.5 Å². The molecule has 2 aromatic heterocycles. The molecule has 2 amide bonds. The van der Waals surface area contributed by atoms with Gasteiger partial charge in [-0.3, -0.25) is 14.5 Å². The van der Waals surface area contributed by atoms with E-state index in [-0.39, 0.29) is 18.4 Å². The van der Waals surface area contributed by atoms with Gasteiger partial charge in [0, 0.05) is 42.5 Å². The van der Waals surface area contributed by atoms with Crippen molar-refractivity contribution in [1.82, 2.24) is 14.7 Å². The van der Waals surface area contributed by atoms with Gasteiger partial charge in [0.1, 0.15) is 0 Å². The number of thiophene rings is 2. The maximum Gasteiger partial charge on any atom is 0.242 e. The second-order valence-corrected chi connectivity index (χ2v) is 10.4. The van der Waals surface area contributed by atoms with Crippen LogP contribution in [0.25, 0.3) is 0 Å². The van der Waals surface area contributed by atoms with Crippen LogP contribution in [0.5, 0.6) is 0 Å². The Kier molecular flexibility index (Phi) is 9.27. The summed E-state index contributed by atoms with van der Waals surface area (Å²) >= 11 is 3.22. The highest BCUT2D eigenvalue weighted by molar-refractivity contribution is 7.10. The summed E-state index contributed by atoms with van der Waals surface area (Å²) in [4.78, 5) is 34.8. The summed E-state index contributed by atoms with van der Waals surface area (Å²) < 4.78 is 5.45. The molecular formula is C26H31N3O3S2. The first-order valence-electron chi connectivity index (χ1n) is 11.6. The van der Waals surface area contributed by atoms with E-state index in [4.69, 9.17) is 4.74 Å². The fraction of sp³-hybridized carbons (Fsp3) is 0.385. The van der Waals surface area contributed by atoms with Gasteiger partial charge in [-0.25, -0.2) is 0 Å². The van der Waals surface area contributed by atoms with Crippen molar-refractivity contribution < 1.29 is 14.3 Å². The summed E-state index contributed by atoms with van der Waals surface area (Å²) in [5.41, 5.74) is 1.08. The minimum absolute atomic E-state index is 0.000144. The minimum Gasteiger partial charge on any atom is -0.379 e. The standard InChI is InChI=1S/C26H31N3O3S2/c30-25(18-23-8-4-16-33-23)28(11-10-27-12-14-32-15-13-27)21-26(31)29(20-24-9-5-17-34-24)19-22-6-2-1-3-7-22/h1-9,16-17H,10-15,18-21H2. The van der Waals surface area contributed by atoms with Gasteiger partial charge in [0.2, 0.25) is 11.8 Å². The predicted molar refractivity (Wildman–Crippen MR) is 137 cm³/mol. The second-order valence-electron chi connectivity index (χ2n) is 8.34. The monoisotopic (exact) mass is 497 g/mol. The fourth-order valence-corrected chi connectivity index (χ4v) is 5.36. The zero-order chi connectivity index (χ0) is 23.6. The van der Waals surface area contributed by atoms with E-state index < -0.39 is 0 Å². The molecule has 3 aromatic rings. The largest absolute Gasteiger partial charge is 0.379 e. The van der Waals surface area contributed by atoms with E-state index in [0.717, 1.165) is 35.0 Å². The number of nitrogens with zero attached hydrogens (tertiary/aromatic N) is 3. The predicted octanol–water partition coefficient (Wildman–Crippen LogP) is 3.74. The zero-order valence-corrected chi connectivity index (χ0v) is 20.9. The van der Waals surface area contributed by atoms with Gasteiger partial charge in [0.25, 0.3) is 0 Å². The van der Waals surface area contributed by atoms with Gasteiger partial charge in [-0.05, 0) is 28.5 Å². The quantitative estimate of drug-likeness (QED) is 0.405. The van der Waals surface area contributed by atoms with E-state index in [2.05, 4.69) is 4.90 Å². The van der Waals surface area contributed by atoms with Gasteiger partial charge < -0.3 is 14.5 Å². The number of carbonyl (C=O) groups is 2. The van der Waals surface area contributed by atoms with Crippen LogP contribution in [-0.2, 0) is 33.8 Å². The number of morpholine rings is 1. The van der Waals surface area contributed by atoms with Crippen LogP contribution < -0.4 is 0 Å². The van der Waals surface area contributed by atoms with Gasteiger partial charge in [-0.2, -0.15) is 0 Å². The lowest BCUT2D eigenvalue weighted by atomic mass is 10.2. The molecule has 1 aromatic carbocycles. The third kappa shape index (κ3) is 7.50. The van der Waals surface area contributed by atoms with Gasteiger partial charge in [0.05, 0.1) is 32.7 Å². The Hall–Kier alpha value is -2.52. The minimum atomic E-state index is -0.0289. The lowest BCUT2D eigenvalue weighted by Crippen LogP contribution is -2.47. The molecule has 6 nitrogen and oxygen atoms in total. The first-order valence-corrected chi connectivity index (χ1v) is 13.4. The number of hydrogen-bond donors (Lipinski definition) is 0. The second kappa shape index (κ2) is 12.8. The van der Waals surface area contributed by atoms with Crippen molar-refractivity contribution in [2.24, 2.45) is 0 Å². The van der Waals surface area contributed by atoms with E-state index in [0.29, 0.717) is 39.3 Å². The number of rotatable bonds is 11. The van der Waals surface area contributed by atoms with E-state index in [1.165, 1.54) is 0 Å². The van der Waals surface area contributed by atoms with Crippen LogP contribution in [0.3, 0.4) is 0 Å². The van der Waals surface area contributed by atoms with E-state index in [1.807, 2.05) is 70.3 Å². The Labute approximate surface area is 209 Å². The van der Waals surface area contributed by atoms with E-state index >= 15 is 0 Å². The lowest BCUT2D eigenvalue weighted by molar-refractivity contribution is -0.141. The third-order valence-corrected chi connectivity index (χ3v) is 7.61. The van der Waals surface area contributed by atoms with Crippen LogP contribution in [0.4, 0.5) is 0 Å². The molecule has 3 heterocycles. The number of carbonyl (C=O) groups excluding carboxylic acids is 2. The summed E-state index contributed by atoms with van der Waals surface area (Å²) in [7, 11) is 0. The maximum atomic E-state index is 13.5. The van der Waals surface area contributed by atoms with Crippen molar-refractivity contribution in [3.63, 3.8) is 0 Å². The Balaban J connectivity index is 1.46. The van der Waals surface area contributed by atoms with Crippen molar-refractivity contribution in [2.45, 2.75) is 19.5 Å². The molecule has 1 saturated heterocycles. The number of amides is 2. The molecule has 4 rings (SSSR count). The molecule has 0 aliphatic carbocycles. The lowest BCUT2D eigenvalue weighted by Gasteiger charge is -2.31. The number of ether oxygens (including phenoxy) is 1. The van der Waals surface area contributed by atoms with Crippen molar-refractivity contribution in [3.8, 4) is 0 Å². The normalized spacial score (nSPS) is 14.1. The third-order valence-electron chi connectivity index (χ3n) is 5.87. The average molecular weight is 498 g/mol. The molecule has 0 spiro atoms. The van der Waals surface area contributed by atoms with Crippen LogP contribution in [0.15, 0.2) is 65.4 Å². The topological polar surface area (TPSA) is 53.1 Å². The zero-order valence-electron chi connectivity index (χ0n) is 19.3. The Morgan fingerprint density at radius 3 is 2.21 bits per heavy atom. The van der Waals surface area contributed by atoms with Crippen LogP contribution in [0.1, 0.15) is 15.3 Å². The molecule has 1 fully saturated rings. The summed E-state index contributed by atoms with van der Waals surface area (Å²) in [6.45, 7) is 5.59. The van der Waals surface area contributed by atoms with E-state index in [9.17, 15) is 9.59 Å². The van der Waals surface area contributed by atoms with Crippen LogP contribution in [0.2, 0.25) is 0 Å². The average Bonchev–Trinajstić information content (AvgIpc) is 3.57. The van der Waals surface area contributed by atoms with E-state index in [1.54, 1.807) is 27.6 Å². The first kappa shape index (κ1) is 24.6. The highest BCUT2D eigenvalue weighted by atomic mass is 32.1. The molecule has 0 radical (unpaired) electrons. The first-order chi connectivity index (χ1) is 16.7. The molecule has 0 saturated carbocycles. The number of hydrogen-bond acceptors (Lipinski definition) is 6. The molecule has 1 aliphatic heterocycles. The van der Waals surface area contributed by atoms with Crippen molar-refractivity contribution >= 4 is 34.5 Å². The summed E-state index contributed by atoms with van der Waals surface area (Å²) in [5, 5.41) is 4.01. The summed E-state index contributed by atoms with van der Waals surface area (Å²) in [5.74, 6) is -0.0291. The molecule has 1 aliphatic rings. The smallest absolute Gasteiger partial charge is 0.242 e. The van der Waals surface area contributed by atoms with Crippen molar-refractivity contribution in [3.05, 3.63) is 80.7 Å². The SMILES string of the molecule is O=C(Cc1cccs1)N(CCN1CCOCC1)CC(=O)N(Cc1ccccc1)Cc1cccs1. The molecule has 0 unspecified atom stereocenters. The molecule has 180 valence electrons. The Morgan fingerprint density at radius 1 is 0.824 bits per heavy atom. The highest BCUT2D eigenvalue weighted by Crippen LogP contribution is 2.16. The highest BCUT2D eigenvalue weighted by Gasteiger charge is 2.23. The van der Waals surface area contributed by atoms with Gasteiger partial charge in [-0.15, -0.1) is 22.7 Å². The molecular weight excluding hydrogens is 466 g/mol. The van der Waals surface area contributed by atoms with Crippen LogP contribution >= 0.6 is 22.7 Å². The fourth-order valence-electron chi connectivity index (χ4n) is 3.94. The summed E-state index contributed by atoms with van der Waals surface area (Å²) in [6, 6.07) is 18.0. The van der Waals surface area contributed by atoms with Gasteiger partial charge >= 0.3 is 0 Å². The van der Waals surface area contributed by atoms with Gasteiger partial charge in [0.15, 0.2) is 0 Å². The summed E-state index contributed by atoms with van der Waals surface area (Å²) in [6.07, 6.45) is 0.331. The van der Waals surface area contributed by atoms with Crippen molar-refractivity contribution in [1.29, 1.82) is 0 Å². The maximum absolute atomic E-state index is 13.5. The molecule has 0 bridgehead atoms. The van der Waals surface area contributed by atoms with Crippen LogP contribution in [0, 0.1) is 0 Å². The Bertz CT molecular complexity index is 1000. The molecule has 34 heavy (non-hydrogen) atoms.